The maximum absolute atomic E-state index is 11.9. The highest BCUT2D eigenvalue weighted by molar-refractivity contribution is 5.74. The topological polar surface area (TPSA) is 35.5 Å². The molecule has 114 valence electrons. The van der Waals surface area contributed by atoms with E-state index in [0.29, 0.717) is 17.9 Å². The minimum absolute atomic E-state index is 0.124. The molecular formula is C19H20O3. The minimum Gasteiger partial charge on any atom is -0.482 e. The molecule has 0 radical (unpaired) electrons. The summed E-state index contributed by atoms with van der Waals surface area (Å²) in [7, 11) is 0. The molecular weight excluding hydrogens is 276 g/mol. The standard InChI is InChI=1S/C19H20O3/c1-4-7-16-8-5-6-9-18(16)21-13-19(20)22-17-11-10-14(2)15(3)12-17/h4-6,8-12H,1,7,13H2,2-3H3. The van der Waals surface area contributed by atoms with Gasteiger partial charge in [0, 0.05) is 0 Å². The summed E-state index contributed by atoms with van der Waals surface area (Å²) >= 11 is 0. The number of hydrogen-bond donors (Lipinski definition) is 0. The van der Waals surface area contributed by atoms with Gasteiger partial charge in [0.25, 0.3) is 0 Å². The van der Waals surface area contributed by atoms with Crippen LogP contribution in [-0.4, -0.2) is 12.6 Å². The summed E-state index contributed by atoms with van der Waals surface area (Å²) < 4.78 is 10.8. The van der Waals surface area contributed by atoms with Gasteiger partial charge in [0.2, 0.25) is 0 Å². The van der Waals surface area contributed by atoms with Gasteiger partial charge in [0.1, 0.15) is 11.5 Å². The van der Waals surface area contributed by atoms with E-state index < -0.39 is 5.97 Å². The number of ether oxygens (including phenoxy) is 2. The molecule has 3 heteroatoms. The summed E-state index contributed by atoms with van der Waals surface area (Å²) in [4.78, 5) is 11.9. The molecule has 3 nitrogen and oxygen atoms in total. The number of allylic oxidation sites excluding steroid dienone is 1. The zero-order valence-electron chi connectivity index (χ0n) is 13.0. The molecule has 0 aromatic heterocycles. The van der Waals surface area contributed by atoms with E-state index in [9.17, 15) is 4.79 Å². The van der Waals surface area contributed by atoms with E-state index in [1.165, 1.54) is 0 Å². The van der Waals surface area contributed by atoms with Crippen molar-refractivity contribution >= 4 is 5.97 Å². The third kappa shape index (κ3) is 4.22. The number of carbonyl (C=O) groups is 1. The Bertz CT molecular complexity index is 674. The molecule has 0 fully saturated rings. The van der Waals surface area contributed by atoms with Gasteiger partial charge in [-0.2, -0.15) is 0 Å². The van der Waals surface area contributed by atoms with Crippen molar-refractivity contribution in [1.82, 2.24) is 0 Å². The SMILES string of the molecule is C=CCc1ccccc1OCC(=O)Oc1ccc(C)c(C)c1. The average molecular weight is 296 g/mol. The third-order valence-electron chi connectivity index (χ3n) is 3.39. The Morgan fingerprint density at radius 1 is 1.14 bits per heavy atom. The molecule has 2 aromatic rings. The molecule has 0 aliphatic carbocycles. The smallest absolute Gasteiger partial charge is 0.349 e. The first kappa shape index (κ1) is 15.8. The Kier molecular flexibility index (Phi) is 5.37. The number of esters is 1. The fraction of sp³-hybridized carbons (Fsp3) is 0.211. The Labute approximate surface area is 131 Å². The average Bonchev–Trinajstić information content (AvgIpc) is 2.50. The van der Waals surface area contributed by atoms with Crippen molar-refractivity contribution in [2.24, 2.45) is 0 Å². The van der Waals surface area contributed by atoms with E-state index in [1.54, 1.807) is 12.1 Å². The third-order valence-corrected chi connectivity index (χ3v) is 3.39. The monoisotopic (exact) mass is 296 g/mol. The van der Waals surface area contributed by atoms with Gasteiger partial charge >= 0.3 is 5.97 Å². The maximum atomic E-state index is 11.9. The normalized spacial score (nSPS) is 10.1. The van der Waals surface area contributed by atoms with E-state index in [-0.39, 0.29) is 6.61 Å². The number of aryl methyl sites for hydroxylation is 2. The molecule has 22 heavy (non-hydrogen) atoms. The van der Waals surface area contributed by atoms with Gasteiger partial charge in [-0.1, -0.05) is 30.3 Å². The molecule has 0 N–H and O–H groups in total. The summed E-state index contributed by atoms with van der Waals surface area (Å²) in [6.07, 6.45) is 2.50. The van der Waals surface area contributed by atoms with Crippen LogP contribution in [-0.2, 0) is 11.2 Å². The van der Waals surface area contributed by atoms with Crippen molar-refractivity contribution < 1.29 is 14.3 Å². The molecule has 0 amide bonds. The molecule has 0 spiro atoms. The predicted octanol–water partition coefficient (Wildman–Crippen LogP) is 4.02. The number of carbonyl (C=O) groups excluding carboxylic acids is 1. The highest BCUT2D eigenvalue weighted by Crippen LogP contribution is 2.19. The Morgan fingerprint density at radius 3 is 2.64 bits per heavy atom. The highest BCUT2D eigenvalue weighted by atomic mass is 16.6. The van der Waals surface area contributed by atoms with Crippen molar-refractivity contribution in [1.29, 1.82) is 0 Å². The summed E-state index contributed by atoms with van der Waals surface area (Å²) in [5.41, 5.74) is 3.24. The van der Waals surface area contributed by atoms with Gasteiger partial charge in [-0.25, -0.2) is 4.79 Å². The lowest BCUT2D eigenvalue weighted by Gasteiger charge is -2.10. The Balaban J connectivity index is 1.95. The summed E-state index contributed by atoms with van der Waals surface area (Å²) in [5.74, 6) is 0.798. The fourth-order valence-electron chi connectivity index (χ4n) is 2.04. The predicted molar refractivity (Wildman–Crippen MR) is 87.4 cm³/mol. The van der Waals surface area contributed by atoms with E-state index >= 15 is 0 Å². The first-order chi connectivity index (χ1) is 10.6. The van der Waals surface area contributed by atoms with Crippen molar-refractivity contribution in [2.75, 3.05) is 6.61 Å². The van der Waals surface area contributed by atoms with Crippen LogP contribution >= 0.6 is 0 Å². The first-order valence-corrected chi connectivity index (χ1v) is 7.19. The van der Waals surface area contributed by atoms with Crippen molar-refractivity contribution in [3.63, 3.8) is 0 Å². The molecule has 0 aliphatic heterocycles. The van der Waals surface area contributed by atoms with Gasteiger partial charge in [-0.15, -0.1) is 6.58 Å². The van der Waals surface area contributed by atoms with E-state index in [2.05, 4.69) is 6.58 Å². The van der Waals surface area contributed by atoms with Crippen LogP contribution in [0.4, 0.5) is 0 Å². The van der Waals surface area contributed by atoms with Gasteiger partial charge in [-0.05, 0) is 55.2 Å². The summed E-state index contributed by atoms with van der Waals surface area (Å²) in [6, 6.07) is 13.1. The quantitative estimate of drug-likeness (QED) is 0.459. The highest BCUT2D eigenvalue weighted by Gasteiger charge is 2.09. The summed E-state index contributed by atoms with van der Waals surface area (Å²) in [5, 5.41) is 0. The molecule has 0 saturated carbocycles. The number of hydrogen-bond acceptors (Lipinski definition) is 3. The van der Waals surface area contributed by atoms with Crippen LogP contribution in [0.5, 0.6) is 11.5 Å². The van der Waals surface area contributed by atoms with E-state index in [0.717, 1.165) is 16.7 Å². The lowest BCUT2D eigenvalue weighted by atomic mass is 10.1. The van der Waals surface area contributed by atoms with Crippen LogP contribution in [0.3, 0.4) is 0 Å². The second kappa shape index (κ2) is 7.46. The van der Waals surface area contributed by atoms with Crippen LogP contribution in [0.2, 0.25) is 0 Å². The second-order valence-corrected chi connectivity index (χ2v) is 5.11. The largest absolute Gasteiger partial charge is 0.482 e. The maximum Gasteiger partial charge on any atom is 0.349 e. The molecule has 0 saturated heterocycles. The van der Waals surface area contributed by atoms with Crippen LogP contribution in [0, 0.1) is 13.8 Å². The van der Waals surface area contributed by atoms with Crippen molar-refractivity contribution in [2.45, 2.75) is 20.3 Å². The fourth-order valence-corrected chi connectivity index (χ4v) is 2.04. The number of benzene rings is 2. The van der Waals surface area contributed by atoms with Crippen molar-refractivity contribution in [3.8, 4) is 11.5 Å². The van der Waals surface area contributed by atoms with E-state index in [4.69, 9.17) is 9.47 Å². The lowest BCUT2D eigenvalue weighted by Crippen LogP contribution is -2.18. The lowest BCUT2D eigenvalue weighted by molar-refractivity contribution is -0.136. The van der Waals surface area contributed by atoms with Gasteiger partial charge in [0.15, 0.2) is 6.61 Å². The zero-order chi connectivity index (χ0) is 15.9. The van der Waals surface area contributed by atoms with E-state index in [1.807, 2.05) is 50.2 Å². The minimum atomic E-state index is -0.420. The molecule has 2 aromatic carbocycles. The van der Waals surface area contributed by atoms with Crippen LogP contribution < -0.4 is 9.47 Å². The summed E-state index contributed by atoms with van der Waals surface area (Å²) in [6.45, 7) is 7.59. The molecule has 0 unspecified atom stereocenters. The van der Waals surface area contributed by atoms with Crippen LogP contribution in [0.1, 0.15) is 16.7 Å². The van der Waals surface area contributed by atoms with Crippen LogP contribution in [0.25, 0.3) is 0 Å². The second-order valence-electron chi connectivity index (χ2n) is 5.11. The van der Waals surface area contributed by atoms with Crippen LogP contribution in [0.15, 0.2) is 55.1 Å². The molecule has 2 rings (SSSR count). The molecule has 0 heterocycles. The first-order valence-electron chi connectivity index (χ1n) is 7.19. The molecule has 0 aliphatic rings. The zero-order valence-corrected chi connectivity index (χ0v) is 13.0. The Morgan fingerprint density at radius 2 is 1.91 bits per heavy atom. The van der Waals surface area contributed by atoms with Crippen molar-refractivity contribution in [3.05, 3.63) is 71.8 Å². The van der Waals surface area contributed by atoms with Gasteiger partial charge < -0.3 is 9.47 Å². The van der Waals surface area contributed by atoms with Gasteiger partial charge in [-0.3, -0.25) is 0 Å². The number of para-hydroxylation sites is 1. The molecule has 0 bridgehead atoms. The number of rotatable bonds is 6. The Hall–Kier alpha value is -2.55. The molecule has 0 atom stereocenters. The van der Waals surface area contributed by atoms with Gasteiger partial charge in [0.05, 0.1) is 0 Å².